The first-order chi connectivity index (χ1) is 13.8. The largest absolute Gasteiger partial charge is 0.271 e. The predicted octanol–water partition coefficient (Wildman–Crippen LogP) is 4.06. The van der Waals surface area contributed by atoms with Crippen molar-refractivity contribution in [3.8, 4) is 0 Å². The number of amides is 1. The van der Waals surface area contributed by atoms with Gasteiger partial charge < -0.3 is 0 Å². The number of halogens is 2. The molecule has 3 aromatic rings. The van der Waals surface area contributed by atoms with Crippen LogP contribution in [0.15, 0.2) is 65.8 Å². The quantitative estimate of drug-likeness (QED) is 0.455. The first kappa shape index (κ1) is 21.1. The average molecular weight is 450 g/mol. The summed E-state index contributed by atoms with van der Waals surface area (Å²) in [5.74, 6) is -0.599. The van der Waals surface area contributed by atoms with E-state index in [0.717, 1.165) is 26.9 Å². The summed E-state index contributed by atoms with van der Waals surface area (Å²) < 4.78 is 25.2. The fourth-order valence-corrected chi connectivity index (χ4v) is 3.88. The number of hydrogen-bond donors (Lipinski definition) is 1. The molecule has 0 aromatic heterocycles. The Labute approximate surface area is 178 Å². The molecule has 1 N–H and O–H groups in total. The van der Waals surface area contributed by atoms with Crippen LogP contribution in [0.25, 0.3) is 10.8 Å². The minimum absolute atomic E-state index is 0.187. The monoisotopic (exact) mass is 449 g/mol. The highest BCUT2D eigenvalue weighted by molar-refractivity contribution is 7.92. The SMILES string of the molecule is CS(=O)(=O)N(CC(=O)N/N=C\c1cccc2ccccc12)c1ccc(Cl)c(Cl)c1. The lowest BCUT2D eigenvalue weighted by molar-refractivity contribution is -0.119. The number of benzene rings is 3. The third kappa shape index (κ3) is 5.26. The fraction of sp³-hybridized carbons (Fsp3) is 0.100. The van der Waals surface area contributed by atoms with Crippen molar-refractivity contribution in [1.82, 2.24) is 5.43 Å². The van der Waals surface area contributed by atoms with Crippen molar-refractivity contribution in [1.29, 1.82) is 0 Å². The number of fused-ring (bicyclic) bond motifs is 1. The Balaban J connectivity index is 1.75. The van der Waals surface area contributed by atoms with E-state index in [1.165, 1.54) is 24.4 Å². The Kier molecular flexibility index (Phi) is 6.42. The van der Waals surface area contributed by atoms with Gasteiger partial charge in [-0.25, -0.2) is 13.8 Å². The molecule has 0 radical (unpaired) electrons. The van der Waals surface area contributed by atoms with Gasteiger partial charge >= 0.3 is 0 Å². The minimum Gasteiger partial charge on any atom is -0.271 e. The van der Waals surface area contributed by atoms with Crippen molar-refractivity contribution in [2.75, 3.05) is 17.1 Å². The number of nitrogens with one attached hydrogen (secondary N) is 1. The van der Waals surface area contributed by atoms with E-state index >= 15 is 0 Å². The third-order valence-corrected chi connectivity index (χ3v) is 5.97. The smallest absolute Gasteiger partial charge is 0.260 e. The van der Waals surface area contributed by atoms with Crippen molar-refractivity contribution in [2.24, 2.45) is 5.10 Å². The first-order valence-corrected chi connectivity index (χ1v) is 11.1. The van der Waals surface area contributed by atoms with E-state index in [1.807, 2.05) is 42.5 Å². The zero-order valence-corrected chi connectivity index (χ0v) is 17.7. The van der Waals surface area contributed by atoms with Gasteiger partial charge in [0.15, 0.2) is 0 Å². The number of nitrogens with zero attached hydrogens (tertiary/aromatic N) is 2. The molecule has 0 spiro atoms. The van der Waals surface area contributed by atoms with Crippen LogP contribution in [-0.4, -0.2) is 33.3 Å². The Hall–Kier alpha value is -2.61. The molecule has 29 heavy (non-hydrogen) atoms. The normalized spacial score (nSPS) is 11.7. The molecule has 0 aliphatic rings. The summed E-state index contributed by atoms with van der Waals surface area (Å²) in [6.07, 6.45) is 2.52. The molecule has 0 heterocycles. The molecule has 0 bridgehead atoms. The lowest BCUT2D eigenvalue weighted by atomic mass is 10.1. The molecular weight excluding hydrogens is 433 g/mol. The van der Waals surface area contributed by atoms with E-state index in [-0.39, 0.29) is 15.7 Å². The summed E-state index contributed by atoms with van der Waals surface area (Å²) in [4.78, 5) is 12.3. The highest BCUT2D eigenvalue weighted by Gasteiger charge is 2.21. The molecule has 150 valence electrons. The van der Waals surface area contributed by atoms with E-state index in [1.54, 1.807) is 0 Å². The van der Waals surface area contributed by atoms with Gasteiger partial charge in [-0.2, -0.15) is 5.10 Å². The van der Waals surface area contributed by atoms with Crippen molar-refractivity contribution in [2.45, 2.75) is 0 Å². The van der Waals surface area contributed by atoms with Gasteiger partial charge in [0.05, 0.1) is 28.2 Å². The van der Waals surface area contributed by atoms with Gasteiger partial charge in [0.2, 0.25) is 10.0 Å². The number of carbonyl (C=O) groups is 1. The Morgan fingerprint density at radius 1 is 1.07 bits per heavy atom. The number of anilines is 1. The maximum atomic E-state index is 12.3. The van der Waals surface area contributed by atoms with E-state index in [4.69, 9.17) is 23.2 Å². The van der Waals surface area contributed by atoms with Crippen LogP contribution in [-0.2, 0) is 14.8 Å². The van der Waals surface area contributed by atoms with Crippen LogP contribution >= 0.6 is 23.2 Å². The van der Waals surface area contributed by atoms with Gasteiger partial charge in [-0.1, -0.05) is 65.7 Å². The number of carbonyl (C=O) groups excluding carboxylic acids is 1. The molecule has 0 aliphatic carbocycles. The second-order valence-electron chi connectivity index (χ2n) is 6.23. The molecule has 9 heteroatoms. The van der Waals surface area contributed by atoms with Gasteiger partial charge in [-0.15, -0.1) is 0 Å². The minimum atomic E-state index is -3.73. The number of rotatable bonds is 6. The summed E-state index contributed by atoms with van der Waals surface area (Å²) in [5.41, 5.74) is 3.42. The van der Waals surface area contributed by atoms with Crippen molar-refractivity contribution < 1.29 is 13.2 Å². The van der Waals surface area contributed by atoms with Crippen LogP contribution < -0.4 is 9.73 Å². The standard InChI is InChI=1S/C20H17Cl2N3O3S/c1-29(27,28)25(16-9-10-18(21)19(22)11-16)13-20(26)24-23-12-15-7-4-6-14-5-2-3-8-17(14)15/h2-12H,13H2,1H3,(H,24,26)/b23-12-. The van der Waals surface area contributed by atoms with Crippen LogP contribution in [0.4, 0.5) is 5.69 Å². The van der Waals surface area contributed by atoms with Crippen LogP contribution in [0.5, 0.6) is 0 Å². The number of sulfonamides is 1. The molecule has 0 saturated heterocycles. The molecule has 3 aromatic carbocycles. The molecule has 1 amide bonds. The first-order valence-electron chi connectivity index (χ1n) is 8.48. The molecule has 0 atom stereocenters. The maximum absolute atomic E-state index is 12.3. The summed E-state index contributed by atoms with van der Waals surface area (Å²) in [5, 5.41) is 6.47. The van der Waals surface area contributed by atoms with Gasteiger partial charge in [0.1, 0.15) is 6.54 Å². The van der Waals surface area contributed by atoms with Crippen LogP contribution in [0.3, 0.4) is 0 Å². The van der Waals surface area contributed by atoms with Crippen molar-refractivity contribution in [3.05, 3.63) is 76.3 Å². The summed E-state index contributed by atoms with van der Waals surface area (Å²) in [6.45, 7) is -0.455. The van der Waals surface area contributed by atoms with E-state index in [2.05, 4.69) is 10.5 Å². The lowest BCUT2D eigenvalue weighted by Crippen LogP contribution is -2.39. The van der Waals surface area contributed by atoms with E-state index in [0.29, 0.717) is 0 Å². The highest BCUT2D eigenvalue weighted by Crippen LogP contribution is 2.28. The Bertz CT molecular complexity index is 1190. The molecule has 0 saturated carbocycles. The van der Waals surface area contributed by atoms with Crippen LogP contribution in [0, 0.1) is 0 Å². The average Bonchev–Trinajstić information content (AvgIpc) is 2.68. The van der Waals surface area contributed by atoms with Gasteiger partial charge in [0.25, 0.3) is 5.91 Å². The zero-order chi connectivity index (χ0) is 21.0. The fourth-order valence-electron chi connectivity index (χ4n) is 2.74. The number of hydrazone groups is 1. The molecule has 0 aliphatic heterocycles. The summed E-state index contributed by atoms with van der Waals surface area (Å²) in [6, 6.07) is 17.9. The Morgan fingerprint density at radius 2 is 1.79 bits per heavy atom. The topological polar surface area (TPSA) is 78.8 Å². The van der Waals surface area contributed by atoms with Gasteiger partial charge in [-0.05, 0) is 29.0 Å². The molecule has 6 nitrogen and oxygen atoms in total. The second-order valence-corrected chi connectivity index (χ2v) is 8.95. The molecule has 3 rings (SSSR count). The summed E-state index contributed by atoms with van der Waals surface area (Å²) >= 11 is 11.8. The van der Waals surface area contributed by atoms with Crippen LogP contribution in [0.2, 0.25) is 10.0 Å². The maximum Gasteiger partial charge on any atom is 0.260 e. The predicted molar refractivity (Wildman–Crippen MR) is 118 cm³/mol. The molecular formula is C20H17Cl2N3O3S. The van der Waals surface area contributed by atoms with Gasteiger partial charge in [0, 0.05) is 5.56 Å². The Morgan fingerprint density at radius 3 is 2.52 bits per heavy atom. The number of hydrogen-bond acceptors (Lipinski definition) is 4. The lowest BCUT2D eigenvalue weighted by Gasteiger charge is -2.21. The van der Waals surface area contributed by atoms with Crippen LogP contribution in [0.1, 0.15) is 5.56 Å². The zero-order valence-electron chi connectivity index (χ0n) is 15.3. The molecule has 0 unspecified atom stereocenters. The summed E-state index contributed by atoms with van der Waals surface area (Å²) in [7, 11) is -3.73. The molecule has 0 fully saturated rings. The van der Waals surface area contributed by atoms with E-state index < -0.39 is 22.5 Å². The van der Waals surface area contributed by atoms with Gasteiger partial charge in [-0.3, -0.25) is 9.10 Å². The van der Waals surface area contributed by atoms with E-state index in [9.17, 15) is 13.2 Å². The highest BCUT2D eigenvalue weighted by atomic mass is 35.5. The van der Waals surface area contributed by atoms with Crippen molar-refractivity contribution in [3.63, 3.8) is 0 Å². The second kappa shape index (κ2) is 8.82. The van der Waals surface area contributed by atoms with Crippen molar-refractivity contribution >= 4 is 61.8 Å². The third-order valence-electron chi connectivity index (χ3n) is 4.09.